The van der Waals surface area contributed by atoms with Gasteiger partial charge in [-0.25, -0.2) is 4.39 Å². The Morgan fingerprint density at radius 3 is 2.50 bits per heavy atom. The van der Waals surface area contributed by atoms with E-state index < -0.39 is 5.54 Å². The normalized spacial score (nSPS) is 14.2. The smallest absolute Gasteiger partial charge is 0.123 e. The third-order valence-electron chi connectivity index (χ3n) is 3.00. The van der Waals surface area contributed by atoms with E-state index in [0.29, 0.717) is 6.42 Å². The van der Waals surface area contributed by atoms with Crippen LogP contribution in [0.5, 0.6) is 0 Å². The molecule has 2 aromatic rings. The number of nitrogens with two attached hydrogens (primary N) is 1. The number of halogens is 2. The summed E-state index contributed by atoms with van der Waals surface area (Å²) in [5.41, 5.74) is 7.75. The standard InChI is InChI=1S/C15H15BrFN/c1-15(18,12-5-3-2-4-6-12)10-11-9-13(17)7-8-14(11)16/h2-9H,10,18H2,1H3. The van der Waals surface area contributed by atoms with Gasteiger partial charge in [-0.1, -0.05) is 46.3 Å². The summed E-state index contributed by atoms with van der Waals surface area (Å²) in [6.45, 7) is 1.96. The number of benzene rings is 2. The minimum absolute atomic E-state index is 0.239. The molecular weight excluding hydrogens is 293 g/mol. The van der Waals surface area contributed by atoms with Crippen molar-refractivity contribution in [3.63, 3.8) is 0 Å². The van der Waals surface area contributed by atoms with E-state index in [1.54, 1.807) is 6.07 Å². The van der Waals surface area contributed by atoms with E-state index in [4.69, 9.17) is 5.73 Å². The first-order valence-corrected chi connectivity index (χ1v) is 6.57. The second kappa shape index (κ2) is 5.21. The van der Waals surface area contributed by atoms with Gasteiger partial charge in [0.1, 0.15) is 5.82 Å². The van der Waals surface area contributed by atoms with Crippen LogP contribution in [0.25, 0.3) is 0 Å². The first kappa shape index (κ1) is 13.2. The third-order valence-corrected chi connectivity index (χ3v) is 3.77. The lowest BCUT2D eigenvalue weighted by Crippen LogP contribution is -2.35. The van der Waals surface area contributed by atoms with Gasteiger partial charge in [-0.05, 0) is 42.7 Å². The van der Waals surface area contributed by atoms with Crippen molar-refractivity contribution < 1.29 is 4.39 Å². The van der Waals surface area contributed by atoms with E-state index in [-0.39, 0.29) is 5.82 Å². The molecule has 0 radical (unpaired) electrons. The highest BCUT2D eigenvalue weighted by Gasteiger charge is 2.22. The summed E-state index contributed by atoms with van der Waals surface area (Å²) >= 11 is 3.43. The molecule has 0 spiro atoms. The molecule has 0 bridgehead atoms. The van der Waals surface area contributed by atoms with Gasteiger partial charge >= 0.3 is 0 Å². The lowest BCUT2D eigenvalue weighted by Gasteiger charge is -2.26. The first-order valence-electron chi connectivity index (χ1n) is 5.77. The van der Waals surface area contributed by atoms with Gasteiger partial charge in [0, 0.05) is 10.0 Å². The lowest BCUT2D eigenvalue weighted by molar-refractivity contribution is 0.488. The minimum atomic E-state index is -0.516. The zero-order valence-electron chi connectivity index (χ0n) is 10.2. The average Bonchev–Trinajstić information content (AvgIpc) is 2.35. The highest BCUT2D eigenvalue weighted by molar-refractivity contribution is 9.10. The van der Waals surface area contributed by atoms with Crippen LogP contribution in [-0.2, 0) is 12.0 Å². The van der Waals surface area contributed by atoms with Gasteiger partial charge in [-0.3, -0.25) is 0 Å². The van der Waals surface area contributed by atoms with Crippen LogP contribution >= 0.6 is 15.9 Å². The highest BCUT2D eigenvalue weighted by atomic mass is 79.9. The van der Waals surface area contributed by atoms with Gasteiger partial charge in [0.05, 0.1) is 0 Å². The Balaban J connectivity index is 2.30. The molecular formula is C15H15BrFN. The predicted molar refractivity (Wildman–Crippen MR) is 75.8 cm³/mol. The maximum Gasteiger partial charge on any atom is 0.123 e. The molecule has 2 aromatic carbocycles. The SMILES string of the molecule is CC(N)(Cc1cc(F)ccc1Br)c1ccccc1. The molecule has 0 amide bonds. The molecule has 1 atom stereocenters. The van der Waals surface area contributed by atoms with Crippen molar-refractivity contribution in [1.82, 2.24) is 0 Å². The lowest BCUT2D eigenvalue weighted by atomic mass is 9.87. The van der Waals surface area contributed by atoms with Crippen molar-refractivity contribution in [1.29, 1.82) is 0 Å². The molecule has 2 rings (SSSR count). The van der Waals surface area contributed by atoms with Crippen molar-refractivity contribution in [2.45, 2.75) is 18.9 Å². The van der Waals surface area contributed by atoms with Gasteiger partial charge in [-0.15, -0.1) is 0 Å². The Morgan fingerprint density at radius 2 is 1.83 bits per heavy atom. The first-order chi connectivity index (χ1) is 8.49. The van der Waals surface area contributed by atoms with Gasteiger partial charge in [0.15, 0.2) is 0 Å². The Kier molecular flexibility index (Phi) is 3.83. The van der Waals surface area contributed by atoms with Crippen molar-refractivity contribution >= 4 is 15.9 Å². The van der Waals surface area contributed by atoms with Crippen molar-refractivity contribution in [3.8, 4) is 0 Å². The fourth-order valence-electron chi connectivity index (χ4n) is 2.00. The quantitative estimate of drug-likeness (QED) is 0.911. The average molecular weight is 308 g/mol. The predicted octanol–water partition coefficient (Wildman–Crippen LogP) is 4.00. The van der Waals surface area contributed by atoms with E-state index in [1.807, 2.05) is 37.3 Å². The Labute approximate surface area is 115 Å². The summed E-state index contributed by atoms with van der Waals surface area (Å²) in [5, 5.41) is 0. The molecule has 1 nitrogen and oxygen atoms in total. The molecule has 0 aliphatic heterocycles. The Morgan fingerprint density at radius 1 is 1.17 bits per heavy atom. The topological polar surface area (TPSA) is 26.0 Å². The molecule has 0 saturated carbocycles. The van der Waals surface area contributed by atoms with E-state index >= 15 is 0 Å². The van der Waals surface area contributed by atoms with Crippen LogP contribution in [-0.4, -0.2) is 0 Å². The number of hydrogen-bond donors (Lipinski definition) is 1. The summed E-state index contributed by atoms with van der Waals surface area (Å²) in [6.07, 6.45) is 0.579. The van der Waals surface area contributed by atoms with Crippen LogP contribution in [0.4, 0.5) is 4.39 Å². The van der Waals surface area contributed by atoms with Crippen molar-refractivity contribution in [2.75, 3.05) is 0 Å². The Bertz CT molecular complexity index is 537. The molecule has 0 heterocycles. The van der Waals surface area contributed by atoms with Crippen molar-refractivity contribution in [2.24, 2.45) is 5.73 Å². The molecule has 18 heavy (non-hydrogen) atoms. The fraction of sp³-hybridized carbons (Fsp3) is 0.200. The van der Waals surface area contributed by atoms with E-state index in [1.165, 1.54) is 12.1 Å². The van der Waals surface area contributed by atoms with Crippen LogP contribution < -0.4 is 5.73 Å². The number of rotatable bonds is 3. The van der Waals surface area contributed by atoms with Gasteiger partial charge in [-0.2, -0.15) is 0 Å². The van der Waals surface area contributed by atoms with Crippen LogP contribution in [0, 0.1) is 5.82 Å². The van der Waals surface area contributed by atoms with Gasteiger partial charge in [0.25, 0.3) is 0 Å². The van der Waals surface area contributed by atoms with Crippen molar-refractivity contribution in [3.05, 3.63) is 69.9 Å². The Hall–Kier alpha value is -1.19. The summed E-state index contributed by atoms with van der Waals surface area (Å²) in [5.74, 6) is -0.239. The summed E-state index contributed by atoms with van der Waals surface area (Å²) in [7, 11) is 0. The molecule has 0 aliphatic carbocycles. The molecule has 2 N–H and O–H groups in total. The van der Waals surface area contributed by atoms with E-state index in [2.05, 4.69) is 15.9 Å². The third kappa shape index (κ3) is 2.98. The molecule has 0 aromatic heterocycles. The van der Waals surface area contributed by atoms with Crippen LogP contribution in [0.1, 0.15) is 18.1 Å². The zero-order valence-corrected chi connectivity index (χ0v) is 11.7. The highest BCUT2D eigenvalue weighted by Crippen LogP contribution is 2.27. The summed E-state index contributed by atoms with van der Waals surface area (Å²) in [6, 6.07) is 14.5. The van der Waals surface area contributed by atoms with Crippen LogP contribution in [0.2, 0.25) is 0 Å². The maximum atomic E-state index is 13.3. The number of hydrogen-bond acceptors (Lipinski definition) is 1. The molecule has 3 heteroatoms. The monoisotopic (exact) mass is 307 g/mol. The minimum Gasteiger partial charge on any atom is -0.321 e. The van der Waals surface area contributed by atoms with E-state index in [0.717, 1.165) is 15.6 Å². The van der Waals surface area contributed by atoms with Gasteiger partial charge < -0.3 is 5.73 Å². The fourth-order valence-corrected chi connectivity index (χ4v) is 2.38. The summed E-state index contributed by atoms with van der Waals surface area (Å²) in [4.78, 5) is 0. The maximum absolute atomic E-state index is 13.3. The molecule has 0 aliphatic rings. The van der Waals surface area contributed by atoms with Gasteiger partial charge in [0.2, 0.25) is 0 Å². The molecule has 0 fully saturated rings. The van der Waals surface area contributed by atoms with Crippen LogP contribution in [0.3, 0.4) is 0 Å². The second-order valence-electron chi connectivity index (χ2n) is 4.70. The molecule has 94 valence electrons. The zero-order chi connectivity index (χ0) is 13.2. The van der Waals surface area contributed by atoms with E-state index in [9.17, 15) is 4.39 Å². The summed E-state index contributed by atoms with van der Waals surface area (Å²) < 4.78 is 14.1. The largest absolute Gasteiger partial charge is 0.321 e. The molecule has 0 saturated heterocycles. The second-order valence-corrected chi connectivity index (χ2v) is 5.55. The molecule has 1 unspecified atom stereocenters. The van der Waals surface area contributed by atoms with Crippen LogP contribution in [0.15, 0.2) is 53.0 Å².